The predicted octanol–water partition coefficient (Wildman–Crippen LogP) is 2.48. The minimum atomic E-state index is -3.75. The van der Waals surface area contributed by atoms with E-state index < -0.39 is 22.6 Å². The van der Waals surface area contributed by atoms with Gasteiger partial charge in [-0.25, -0.2) is 17.9 Å². The van der Waals surface area contributed by atoms with Gasteiger partial charge in [0.05, 0.1) is 16.5 Å². The molecule has 2 aromatic carbocycles. The number of ether oxygens (including phenoxy) is 1. The number of ketones is 1. The second-order valence-corrected chi connectivity index (χ2v) is 7.65. The fourth-order valence-corrected chi connectivity index (χ4v) is 3.35. The molecule has 0 fully saturated rings. The third-order valence-electron chi connectivity index (χ3n) is 3.95. The van der Waals surface area contributed by atoms with Crippen LogP contribution in [0.4, 0.5) is 0 Å². The van der Waals surface area contributed by atoms with Gasteiger partial charge in [0.25, 0.3) is 0 Å². The van der Waals surface area contributed by atoms with E-state index in [1.54, 1.807) is 12.1 Å². The van der Waals surface area contributed by atoms with Gasteiger partial charge in [-0.15, -0.1) is 0 Å². The summed E-state index contributed by atoms with van der Waals surface area (Å²) in [4.78, 5) is 24.1. The van der Waals surface area contributed by atoms with Crippen LogP contribution in [0.15, 0.2) is 53.4 Å². The van der Waals surface area contributed by atoms with Gasteiger partial charge in [-0.3, -0.25) is 4.79 Å². The number of rotatable bonds is 9. The maximum Gasteiger partial charge on any atom is 0.338 e. The molecule has 0 aliphatic heterocycles. The average Bonchev–Trinajstić information content (AvgIpc) is 2.72. The highest BCUT2D eigenvalue weighted by atomic mass is 32.2. The largest absolute Gasteiger partial charge is 0.454 e. The molecule has 0 spiro atoms. The van der Waals surface area contributed by atoms with Gasteiger partial charge in [-0.1, -0.05) is 31.2 Å². The Kier molecular flexibility index (Phi) is 7.44. The third kappa shape index (κ3) is 5.74. The van der Waals surface area contributed by atoms with Crippen LogP contribution in [0.5, 0.6) is 0 Å². The van der Waals surface area contributed by atoms with E-state index in [0.29, 0.717) is 5.56 Å². The lowest BCUT2D eigenvalue weighted by atomic mass is 10.1. The van der Waals surface area contributed by atoms with E-state index in [0.717, 1.165) is 12.0 Å². The molecule has 0 bridgehead atoms. The summed E-state index contributed by atoms with van der Waals surface area (Å²) in [6, 6.07) is 14.0. The molecule has 8 heteroatoms. The normalized spacial score (nSPS) is 10.9. The number of carbonyl (C=O) groups excluding carboxylic acids is 2. The van der Waals surface area contributed by atoms with E-state index in [-0.39, 0.29) is 29.2 Å². The molecule has 28 heavy (non-hydrogen) atoms. The topological polar surface area (TPSA) is 113 Å². The maximum atomic E-state index is 12.1. The van der Waals surface area contributed by atoms with Gasteiger partial charge in [0.2, 0.25) is 10.0 Å². The highest BCUT2D eigenvalue weighted by Gasteiger charge is 2.16. The molecule has 0 saturated carbocycles. The Bertz CT molecular complexity index is 975. The van der Waals surface area contributed by atoms with Crippen LogP contribution in [-0.2, 0) is 21.2 Å². The fourth-order valence-electron chi connectivity index (χ4n) is 2.32. The highest BCUT2D eigenvalue weighted by molar-refractivity contribution is 7.89. The molecule has 0 heterocycles. The Labute approximate surface area is 164 Å². The molecule has 7 nitrogen and oxygen atoms in total. The second kappa shape index (κ2) is 9.78. The number of esters is 1. The number of Topliss-reactive ketones (excluding diaryl/α,β-unsaturated/α-hetero) is 1. The summed E-state index contributed by atoms with van der Waals surface area (Å²) in [6.45, 7) is 1.61. The second-order valence-electron chi connectivity index (χ2n) is 5.88. The monoisotopic (exact) mass is 400 g/mol. The first-order valence-corrected chi connectivity index (χ1v) is 10.1. The van der Waals surface area contributed by atoms with Crippen LogP contribution >= 0.6 is 0 Å². The first-order valence-electron chi connectivity index (χ1n) is 8.63. The van der Waals surface area contributed by atoms with Crippen molar-refractivity contribution in [1.82, 2.24) is 4.72 Å². The number of carbonyl (C=O) groups is 2. The zero-order valence-electron chi connectivity index (χ0n) is 15.3. The minimum absolute atomic E-state index is 0.00394. The van der Waals surface area contributed by atoms with Crippen LogP contribution < -0.4 is 4.72 Å². The van der Waals surface area contributed by atoms with Crippen molar-refractivity contribution < 1.29 is 22.7 Å². The summed E-state index contributed by atoms with van der Waals surface area (Å²) in [7, 11) is -3.75. The van der Waals surface area contributed by atoms with Gasteiger partial charge in [0.1, 0.15) is 0 Å². The zero-order chi connectivity index (χ0) is 20.6. The molecule has 1 N–H and O–H groups in total. The number of benzene rings is 2. The lowest BCUT2D eigenvalue weighted by Crippen LogP contribution is -2.24. The van der Waals surface area contributed by atoms with Crippen molar-refractivity contribution >= 4 is 21.8 Å². The molecule has 146 valence electrons. The summed E-state index contributed by atoms with van der Waals surface area (Å²) >= 11 is 0. The SMILES string of the molecule is CCc1ccc(C(=O)COC(=O)c2ccc(S(=O)(=O)NCCC#N)cc2)cc1. The average molecular weight is 400 g/mol. The summed E-state index contributed by atoms with van der Waals surface area (Å²) in [5.41, 5.74) is 1.69. The van der Waals surface area contributed by atoms with Crippen LogP contribution in [-0.4, -0.2) is 33.3 Å². The summed E-state index contributed by atoms with van der Waals surface area (Å²) in [5.74, 6) is -1.04. The van der Waals surface area contributed by atoms with E-state index >= 15 is 0 Å². The first-order chi connectivity index (χ1) is 13.4. The number of nitrogens with one attached hydrogen (secondary N) is 1. The number of nitriles is 1. The molecule has 0 amide bonds. The molecular weight excluding hydrogens is 380 g/mol. The maximum absolute atomic E-state index is 12.1. The molecule has 2 rings (SSSR count). The number of sulfonamides is 1. The fraction of sp³-hybridized carbons (Fsp3) is 0.250. The van der Waals surface area contributed by atoms with Crippen LogP contribution in [0.3, 0.4) is 0 Å². The van der Waals surface area contributed by atoms with Crippen molar-refractivity contribution in [3.8, 4) is 6.07 Å². The van der Waals surface area contributed by atoms with E-state index in [2.05, 4.69) is 4.72 Å². The molecule has 0 unspecified atom stereocenters. The summed E-state index contributed by atoms with van der Waals surface area (Å²) in [6.07, 6.45) is 0.919. The van der Waals surface area contributed by atoms with Crippen molar-refractivity contribution in [1.29, 1.82) is 5.26 Å². The third-order valence-corrected chi connectivity index (χ3v) is 5.42. The van der Waals surface area contributed by atoms with Gasteiger partial charge in [-0.05, 0) is 36.2 Å². The molecule has 0 saturated heterocycles. The van der Waals surface area contributed by atoms with Crippen molar-refractivity contribution in [3.63, 3.8) is 0 Å². The standard InChI is InChI=1S/C20H20N2O5S/c1-2-15-4-6-16(7-5-15)19(23)14-27-20(24)17-8-10-18(11-9-17)28(25,26)22-13-3-12-21/h4-11,22H,2-3,13-14H2,1H3. The van der Waals surface area contributed by atoms with E-state index in [1.165, 1.54) is 24.3 Å². The number of hydrogen-bond donors (Lipinski definition) is 1. The molecule has 2 aromatic rings. The van der Waals surface area contributed by atoms with E-state index in [9.17, 15) is 18.0 Å². The molecule has 0 aliphatic rings. The Hall–Kier alpha value is -3.02. The summed E-state index contributed by atoms with van der Waals surface area (Å²) in [5, 5.41) is 8.46. The summed E-state index contributed by atoms with van der Waals surface area (Å²) < 4.78 is 31.3. The van der Waals surface area contributed by atoms with Crippen molar-refractivity contribution in [2.24, 2.45) is 0 Å². The lowest BCUT2D eigenvalue weighted by molar-refractivity contribution is 0.0474. The smallest absolute Gasteiger partial charge is 0.338 e. The van der Waals surface area contributed by atoms with Gasteiger partial charge in [0.15, 0.2) is 12.4 Å². The van der Waals surface area contributed by atoms with Gasteiger partial charge in [0, 0.05) is 18.5 Å². The quantitative estimate of drug-likeness (QED) is 0.393. The predicted molar refractivity (Wildman–Crippen MR) is 102 cm³/mol. The molecular formula is C20H20N2O5S. The van der Waals surface area contributed by atoms with Crippen LogP contribution in [0.1, 0.15) is 39.6 Å². The Morgan fingerprint density at radius 3 is 2.21 bits per heavy atom. The van der Waals surface area contributed by atoms with Crippen molar-refractivity contribution in [2.45, 2.75) is 24.7 Å². The van der Waals surface area contributed by atoms with Crippen LogP contribution in [0, 0.1) is 11.3 Å². The lowest BCUT2D eigenvalue weighted by Gasteiger charge is -2.07. The van der Waals surface area contributed by atoms with Crippen LogP contribution in [0.25, 0.3) is 0 Å². The Morgan fingerprint density at radius 1 is 1.04 bits per heavy atom. The minimum Gasteiger partial charge on any atom is -0.454 e. The van der Waals surface area contributed by atoms with Crippen LogP contribution in [0.2, 0.25) is 0 Å². The highest BCUT2D eigenvalue weighted by Crippen LogP contribution is 2.12. The molecule has 0 aliphatic carbocycles. The first kappa shape index (κ1) is 21.3. The molecule has 0 aromatic heterocycles. The van der Waals surface area contributed by atoms with E-state index in [4.69, 9.17) is 10.00 Å². The number of hydrogen-bond acceptors (Lipinski definition) is 6. The number of nitrogens with zero attached hydrogens (tertiary/aromatic N) is 1. The molecule has 0 radical (unpaired) electrons. The van der Waals surface area contributed by atoms with Gasteiger partial charge >= 0.3 is 5.97 Å². The zero-order valence-corrected chi connectivity index (χ0v) is 16.2. The van der Waals surface area contributed by atoms with Crippen molar-refractivity contribution in [2.75, 3.05) is 13.2 Å². The van der Waals surface area contributed by atoms with Gasteiger partial charge < -0.3 is 4.74 Å². The Morgan fingerprint density at radius 2 is 1.64 bits per heavy atom. The molecule has 0 atom stereocenters. The number of aryl methyl sites for hydroxylation is 1. The van der Waals surface area contributed by atoms with Crippen molar-refractivity contribution in [3.05, 3.63) is 65.2 Å². The Balaban J connectivity index is 1.95. The van der Waals surface area contributed by atoms with E-state index in [1.807, 2.05) is 25.1 Å². The van der Waals surface area contributed by atoms with Gasteiger partial charge in [-0.2, -0.15) is 5.26 Å².